The van der Waals surface area contributed by atoms with Crippen LogP contribution < -0.4 is 5.32 Å². The largest absolute Gasteiger partial charge is 0.379 e. The molecule has 5 nitrogen and oxygen atoms in total. The maximum Gasteiger partial charge on any atom is 0.221 e. The number of ether oxygens (including phenoxy) is 1. The van der Waals surface area contributed by atoms with Crippen LogP contribution in [0, 0.1) is 0 Å². The minimum absolute atomic E-state index is 0.00300. The van der Waals surface area contributed by atoms with E-state index in [4.69, 9.17) is 4.74 Å². The lowest BCUT2D eigenvalue weighted by Gasteiger charge is -2.36. The van der Waals surface area contributed by atoms with Gasteiger partial charge in [0.15, 0.2) is 0 Å². The average molecular weight is 372 g/mol. The van der Waals surface area contributed by atoms with Crippen LogP contribution in [0.5, 0.6) is 0 Å². The number of carbonyl (C=O) groups is 1. The van der Waals surface area contributed by atoms with Gasteiger partial charge in [-0.15, -0.1) is 11.3 Å². The number of thiophene rings is 1. The summed E-state index contributed by atoms with van der Waals surface area (Å²) >= 11 is 1.77. The zero-order valence-electron chi connectivity index (χ0n) is 15.2. The molecule has 1 fully saturated rings. The normalized spacial score (nSPS) is 19.0. The zero-order chi connectivity index (χ0) is 17.9. The first-order valence-corrected chi connectivity index (χ1v) is 10.2. The molecular weight excluding hydrogens is 346 g/mol. The maximum atomic E-state index is 11.9. The molecule has 2 aromatic heterocycles. The van der Waals surface area contributed by atoms with Gasteiger partial charge in [0.2, 0.25) is 5.91 Å². The fourth-order valence-corrected chi connectivity index (χ4v) is 5.43. The van der Waals surface area contributed by atoms with Gasteiger partial charge in [0.05, 0.1) is 19.3 Å². The van der Waals surface area contributed by atoms with Gasteiger partial charge < -0.3 is 10.1 Å². The van der Waals surface area contributed by atoms with Crippen LogP contribution in [0.1, 0.15) is 47.4 Å². The van der Waals surface area contributed by atoms with E-state index in [0.717, 1.165) is 44.1 Å². The lowest BCUT2D eigenvalue weighted by atomic mass is 9.89. The Bertz CT molecular complexity index is 769. The maximum absolute atomic E-state index is 11.9. The first-order chi connectivity index (χ1) is 12.7. The molecule has 1 amide bonds. The molecule has 0 aromatic carbocycles. The molecule has 2 aliphatic rings. The molecular formula is C20H25N3O2S. The van der Waals surface area contributed by atoms with E-state index >= 15 is 0 Å². The van der Waals surface area contributed by atoms with Crippen molar-refractivity contribution < 1.29 is 9.53 Å². The third kappa shape index (κ3) is 3.54. The van der Waals surface area contributed by atoms with E-state index in [-0.39, 0.29) is 11.9 Å². The van der Waals surface area contributed by atoms with Gasteiger partial charge >= 0.3 is 0 Å². The smallest absolute Gasteiger partial charge is 0.221 e. The van der Waals surface area contributed by atoms with E-state index in [9.17, 15) is 4.79 Å². The highest BCUT2D eigenvalue weighted by Gasteiger charge is 2.32. The van der Waals surface area contributed by atoms with Crippen LogP contribution in [0.15, 0.2) is 24.5 Å². The number of fused-ring (bicyclic) bond motifs is 1. The van der Waals surface area contributed by atoms with Gasteiger partial charge in [0, 0.05) is 42.8 Å². The Balaban J connectivity index is 1.84. The first-order valence-electron chi connectivity index (χ1n) is 9.38. The summed E-state index contributed by atoms with van der Waals surface area (Å²) in [5.74, 6) is -0.00300. The van der Waals surface area contributed by atoms with E-state index in [0.29, 0.717) is 0 Å². The van der Waals surface area contributed by atoms with Gasteiger partial charge in [0.25, 0.3) is 0 Å². The summed E-state index contributed by atoms with van der Waals surface area (Å²) < 4.78 is 5.59. The number of carbonyl (C=O) groups excluding carboxylic acids is 1. The predicted molar refractivity (Wildman–Crippen MR) is 104 cm³/mol. The summed E-state index contributed by atoms with van der Waals surface area (Å²) in [6, 6.07) is 4.27. The highest BCUT2D eigenvalue weighted by atomic mass is 32.1. The molecule has 3 heterocycles. The average Bonchev–Trinajstić information content (AvgIpc) is 3.01. The van der Waals surface area contributed by atoms with Crippen molar-refractivity contribution in [2.75, 3.05) is 31.6 Å². The van der Waals surface area contributed by atoms with Crippen molar-refractivity contribution in [1.82, 2.24) is 9.88 Å². The molecule has 0 radical (unpaired) electrons. The van der Waals surface area contributed by atoms with Gasteiger partial charge in [-0.3, -0.25) is 14.7 Å². The van der Waals surface area contributed by atoms with E-state index in [1.807, 2.05) is 18.5 Å². The monoisotopic (exact) mass is 371 g/mol. The Hall–Kier alpha value is -1.76. The molecule has 26 heavy (non-hydrogen) atoms. The van der Waals surface area contributed by atoms with E-state index in [1.54, 1.807) is 18.3 Å². The predicted octanol–water partition coefficient (Wildman–Crippen LogP) is 3.40. The van der Waals surface area contributed by atoms with Crippen molar-refractivity contribution in [3.8, 4) is 0 Å². The van der Waals surface area contributed by atoms with Crippen LogP contribution in [-0.4, -0.2) is 42.1 Å². The number of pyridine rings is 1. The van der Waals surface area contributed by atoms with Gasteiger partial charge in [-0.2, -0.15) is 0 Å². The molecule has 0 bridgehead atoms. The van der Waals surface area contributed by atoms with Crippen LogP contribution in [-0.2, 0) is 22.4 Å². The lowest BCUT2D eigenvalue weighted by molar-refractivity contribution is -0.114. The Morgan fingerprint density at radius 3 is 2.85 bits per heavy atom. The fraction of sp³-hybridized carbons (Fsp3) is 0.500. The summed E-state index contributed by atoms with van der Waals surface area (Å²) in [4.78, 5) is 20.2. The summed E-state index contributed by atoms with van der Waals surface area (Å²) in [5.41, 5.74) is 3.92. The van der Waals surface area contributed by atoms with Crippen molar-refractivity contribution in [2.24, 2.45) is 0 Å². The number of morpholine rings is 1. The summed E-state index contributed by atoms with van der Waals surface area (Å²) in [7, 11) is 0. The molecule has 2 aromatic rings. The molecule has 0 saturated carbocycles. The molecule has 6 heteroatoms. The number of nitrogens with zero attached hydrogens (tertiary/aromatic N) is 2. The number of amides is 1. The molecule has 138 valence electrons. The van der Waals surface area contributed by atoms with E-state index < -0.39 is 0 Å². The van der Waals surface area contributed by atoms with Crippen LogP contribution in [0.25, 0.3) is 0 Å². The van der Waals surface area contributed by atoms with Crippen LogP contribution >= 0.6 is 11.3 Å². The Morgan fingerprint density at radius 1 is 1.31 bits per heavy atom. The second kappa shape index (κ2) is 7.86. The van der Waals surface area contributed by atoms with Gasteiger partial charge in [-0.25, -0.2) is 0 Å². The second-order valence-corrected chi connectivity index (χ2v) is 8.08. The number of hydrogen-bond acceptors (Lipinski definition) is 5. The van der Waals surface area contributed by atoms with Crippen LogP contribution in [0.4, 0.5) is 5.00 Å². The Labute approximate surface area is 158 Å². The van der Waals surface area contributed by atoms with Crippen molar-refractivity contribution in [3.63, 3.8) is 0 Å². The number of aryl methyl sites for hydroxylation is 1. The van der Waals surface area contributed by atoms with Crippen LogP contribution in [0.3, 0.4) is 0 Å². The van der Waals surface area contributed by atoms with Crippen molar-refractivity contribution in [3.05, 3.63) is 46.1 Å². The van der Waals surface area contributed by atoms with Crippen molar-refractivity contribution in [1.29, 1.82) is 0 Å². The number of nitrogens with one attached hydrogen (secondary N) is 1. The molecule has 1 N–H and O–H groups in total. The summed E-state index contributed by atoms with van der Waals surface area (Å²) in [5, 5.41) is 4.14. The van der Waals surface area contributed by atoms with Gasteiger partial charge in [-0.1, -0.05) is 6.07 Å². The number of anilines is 1. The molecule has 1 aliphatic heterocycles. The quantitative estimate of drug-likeness (QED) is 0.895. The molecule has 0 spiro atoms. The zero-order valence-corrected chi connectivity index (χ0v) is 16.0. The molecule has 0 unspecified atom stereocenters. The second-order valence-electron chi connectivity index (χ2n) is 6.97. The fourth-order valence-electron chi connectivity index (χ4n) is 4.07. The summed E-state index contributed by atoms with van der Waals surface area (Å²) in [6.45, 7) is 4.88. The summed E-state index contributed by atoms with van der Waals surface area (Å²) in [6.07, 6.45) is 8.46. The Kier molecular flexibility index (Phi) is 5.33. The molecule has 1 atom stereocenters. The van der Waals surface area contributed by atoms with E-state index in [1.165, 1.54) is 34.4 Å². The van der Waals surface area contributed by atoms with Crippen LogP contribution in [0.2, 0.25) is 0 Å². The lowest BCUT2D eigenvalue weighted by Crippen LogP contribution is -2.40. The highest BCUT2D eigenvalue weighted by Crippen LogP contribution is 2.45. The number of rotatable bonds is 4. The SMILES string of the molecule is CC(=O)Nc1sc2c(c1[C@H](c1cccnc1)N1CCOCC1)CCCC2. The van der Waals surface area contributed by atoms with Gasteiger partial charge in [0.1, 0.15) is 5.00 Å². The standard InChI is InChI=1S/C20H25N3O2S/c1-14(24)22-20-18(16-6-2-3-7-17(16)26-20)19(15-5-4-8-21-13-15)23-9-11-25-12-10-23/h4-5,8,13,19H,2-3,6-7,9-12H2,1H3,(H,22,24)/t19-/m0/s1. The molecule has 1 aliphatic carbocycles. The highest BCUT2D eigenvalue weighted by molar-refractivity contribution is 7.16. The minimum atomic E-state index is -0.00300. The van der Waals surface area contributed by atoms with Gasteiger partial charge in [-0.05, 0) is 42.9 Å². The van der Waals surface area contributed by atoms with Crippen molar-refractivity contribution in [2.45, 2.75) is 38.6 Å². The third-order valence-corrected chi connectivity index (χ3v) is 6.41. The number of hydrogen-bond donors (Lipinski definition) is 1. The third-order valence-electron chi connectivity index (χ3n) is 5.19. The topological polar surface area (TPSA) is 54.5 Å². The molecule has 4 rings (SSSR count). The minimum Gasteiger partial charge on any atom is -0.379 e. The first kappa shape index (κ1) is 17.6. The molecule has 1 saturated heterocycles. The number of aromatic nitrogens is 1. The van der Waals surface area contributed by atoms with Crippen molar-refractivity contribution >= 4 is 22.2 Å². The Morgan fingerprint density at radius 2 is 2.12 bits per heavy atom. The van der Waals surface area contributed by atoms with E-state index in [2.05, 4.69) is 21.3 Å².